The van der Waals surface area contributed by atoms with Crippen LogP contribution in [-0.4, -0.2) is 42.5 Å². The van der Waals surface area contributed by atoms with Crippen LogP contribution in [0.25, 0.3) is 17.1 Å². The van der Waals surface area contributed by atoms with Crippen molar-refractivity contribution in [3.05, 3.63) is 75.9 Å². The molecule has 1 amide bonds. The van der Waals surface area contributed by atoms with Gasteiger partial charge in [-0.2, -0.15) is 20.0 Å². The molecule has 3 heterocycles. The Bertz CT molecular complexity index is 1330. The van der Waals surface area contributed by atoms with Crippen molar-refractivity contribution < 1.29 is 9.32 Å². The van der Waals surface area contributed by atoms with Crippen LogP contribution in [0.5, 0.6) is 0 Å². The van der Waals surface area contributed by atoms with Crippen LogP contribution < -0.4 is 0 Å². The van der Waals surface area contributed by atoms with Gasteiger partial charge in [-0.15, -0.1) is 0 Å². The van der Waals surface area contributed by atoms with Gasteiger partial charge in [0.15, 0.2) is 0 Å². The molecule has 2 aromatic heterocycles. The number of rotatable bonds is 4. The van der Waals surface area contributed by atoms with Crippen molar-refractivity contribution in [1.82, 2.24) is 30.0 Å². The zero-order chi connectivity index (χ0) is 23.1. The first-order valence-corrected chi connectivity index (χ1v) is 11.2. The molecule has 4 aromatic rings. The van der Waals surface area contributed by atoms with E-state index in [4.69, 9.17) is 16.1 Å². The quantitative estimate of drug-likeness (QED) is 0.429. The van der Waals surface area contributed by atoms with E-state index in [0.29, 0.717) is 34.5 Å². The van der Waals surface area contributed by atoms with Gasteiger partial charge >= 0.3 is 0 Å². The number of aryl methyl sites for hydroxylation is 1. The minimum absolute atomic E-state index is 0.105. The summed E-state index contributed by atoms with van der Waals surface area (Å²) < 4.78 is 5.63. The van der Waals surface area contributed by atoms with Crippen LogP contribution >= 0.6 is 11.6 Å². The first-order chi connectivity index (χ1) is 16.0. The van der Waals surface area contributed by atoms with E-state index in [1.807, 2.05) is 51.1 Å². The van der Waals surface area contributed by atoms with Gasteiger partial charge in [0.2, 0.25) is 11.7 Å². The summed E-state index contributed by atoms with van der Waals surface area (Å²) >= 11 is 6.26. The number of carbonyl (C=O) groups is 1. The maximum absolute atomic E-state index is 13.7. The van der Waals surface area contributed by atoms with E-state index in [-0.39, 0.29) is 11.9 Å². The zero-order valence-electron chi connectivity index (χ0n) is 18.6. The van der Waals surface area contributed by atoms with Crippen LogP contribution in [0, 0.1) is 20.8 Å². The number of benzene rings is 2. The van der Waals surface area contributed by atoms with Gasteiger partial charge in [-0.05, 0) is 62.4 Å². The van der Waals surface area contributed by atoms with E-state index in [9.17, 15) is 4.79 Å². The standard InChI is InChI=1S/C24H23ClN6O2/c1-14-9-10-18(21(15(14)2)31-26-11-12-27-31)24(32)30-13-5-8-20(30)23-28-22(29-33-23)17-6-4-7-19(25)16(17)3/h4,6-7,9-12,20H,5,8,13H2,1-3H3. The van der Waals surface area contributed by atoms with Crippen LogP contribution in [0.4, 0.5) is 0 Å². The molecule has 168 valence electrons. The minimum atomic E-state index is -0.293. The number of nitrogens with zero attached hydrogens (tertiary/aromatic N) is 6. The van der Waals surface area contributed by atoms with Crippen molar-refractivity contribution >= 4 is 17.5 Å². The van der Waals surface area contributed by atoms with Crippen molar-refractivity contribution in [3.8, 4) is 17.1 Å². The molecule has 8 nitrogen and oxygen atoms in total. The number of carbonyl (C=O) groups excluding carboxylic acids is 1. The molecule has 5 rings (SSSR count). The lowest BCUT2D eigenvalue weighted by Gasteiger charge is -2.24. The molecular formula is C24H23ClN6O2. The fraction of sp³-hybridized carbons (Fsp3) is 0.292. The third kappa shape index (κ3) is 3.70. The summed E-state index contributed by atoms with van der Waals surface area (Å²) in [5.41, 5.74) is 4.97. The molecule has 1 fully saturated rings. The summed E-state index contributed by atoms with van der Waals surface area (Å²) in [6, 6.07) is 9.09. The zero-order valence-corrected chi connectivity index (χ0v) is 19.4. The minimum Gasteiger partial charge on any atom is -0.337 e. The van der Waals surface area contributed by atoms with Crippen molar-refractivity contribution in [1.29, 1.82) is 0 Å². The summed E-state index contributed by atoms with van der Waals surface area (Å²) in [5.74, 6) is 0.793. The van der Waals surface area contributed by atoms with E-state index >= 15 is 0 Å². The number of aromatic nitrogens is 5. The Morgan fingerprint density at radius 3 is 2.67 bits per heavy atom. The largest absolute Gasteiger partial charge is 0.337 e. The van der Waals surface area contributed by atoms with Gasteiger partial charge in [0.05, 0.1) is 18.0 Å². The number of hydrogen-bond acceptors (Lipinski definition) is 6. The van der Waals surface area contributed by atoms with Crippen molar-refractivity contribution in [2.24, 2.45) is 0 Å². The van der Waals surface area contributed by atoms with E-state index in [1.165, 1.54) is 4.80 Å². The van der Waals surface area contributed by atoms with E-state index in [0.717, 1.165) is 35.1 Å². The van der Waals surface area contributed by atoms with Crippen molar-refractivity contribution in [3.63, 3.8) is 0 Å². The van der Waals surface area contributed by atoms with Crippen molar-refractivity contribution in [2.45, 2.75) is 39.7 Å². The predicted molar refractivity (Wildman–Crippen MR) is 123 cm³/mol. The third-order valence-electron chi connectivity index (χ3n) is 6.30. The molecule has 1 aliphatic heterocycles. The van der Waals surface area contributed by atoms with Crippen LogP contribution in [0.15, 0.2) is 47.2 Å². The monoisotopic (exact) mass is 462 g/mol. The molecule has 0 spiro atoms. The highest BCUT2D eigenvalue weighted by Crippen LogP contribution is 2.35. The second-order valence-electron chi connectivity index (χ2n) is 8.25. The molecule has 0 bridgehead atoms. The Morgan fingerprint density at radius 1 is 1.09 bits per heavy atom. The Kier molecular flexibility index (Phi) is 5.46. The molecule has 1 aliphatic rings. The van der Waals surface area contributed by atoms with E-state index in [2.05, 4.69) is 20.3 Å². The van der Waals surface area contributed by atoms with Crippen LogP contribution in [0.1, 0.15) is 51.8 Å². The lowest BCUT2D eigenvalue weighted by atomic mass is 10.0. The molecule has 9 heteroatoms. The summed E-state index contributed by atoms with van der Waals surface area (Å²) in [6.07, 6.45) is 4.81. The molecule has 0 aliphatic carbocycles. The number of amides is 1. The maximum atomic E-state index is 13.7. The van der Waals surface area contributed by atoms with Gasteiger partial charge in [0.25, 0.3) is 5.91 Å². The average molecular weight is 463 g/mol. The number of hydrogen-bond donors (Lipinski definition) is 0. The molecule has 0 N–H and O–H groups in total. The normalized spacial score (nSPS) is 15.9. The SMILES string of the molecule is Cc1ccc(C(=O)N2CCCC2c2nc(-c3cccc(Cl)c3C)no2)c(-n2nccn2)c1C. The van der Waals surface area contributed by atoms with Gasteiger partial charge in [-0.25, -0.2) is 0 Å². The van der Waals surface area contributed by atoms with Gasteiger partial charge in [0, 0.05) is 17.1 Å². The van der Waals surface area contributed by atoms with E-state index in [1.54, 1.807) is 17.3 Å². The van der Waals surface area contributed by atoms with Crippen LogP contribution in [0.2, 0.25) is 5.02 Å². The predicted octanol–water partition coefficient (Wildman–Crippen LogP) is 4.87. The van der Waals surface area contributed by atoms with Gasteiger partial charge in [-0.1, -0.05) is 35.0 Å². The molecule has 33 heavy (non-hydrogen) atoms. The second-order valence-corrected chi connectivity index (χ2v) is 8.65. The first kappa shape index (κ1) is 21.3. The smallest absolute Gasteiger partial charge is 0.256 e. The fourth-order valence-electron chi connectivity index (χ4n) is 4.31. The Balaban J connectivity index is 1.50. The number of likely N-dealkylation sites (tertiary alicyclic amines) is 1. The third-order valence-corrected chi connectivity index (χ3v) is 6.71. The van der Waals surface area contributed by atoms with Crippen LogP contribution in [-0.2, 0) is 0 Å². The highest BCUT2D eigenvalue weighted by atomic mass is 35.5. The molecule has 2 aromatic carbocycles. The summed E-state index contributed by atoms with van der Waals surface area (Å²) in [5, 5.41) is 13.4. The second kappa shape index (κ2) is 8.44. The Hall–Kier alpha value is -3.52. The Morgan fingerprint density at radius 2 is 1.88 bits per heavy atom. The van der Waals surface area contributed by atoms with E-state index < -0.39 is 0 Å². The van der Waals surface area contributed by atoms with Gasteiger partial charge in [0.1, 0.15) is 11.7 Å². The Labute approximate surface area is 196 Å². The lowest BCUT2D eigenvalue weighted by molar-refractivity contribution is 0.0709. The molecule has 1 atom stereocenters. The first-order valence-electron chi connectivity index (χ1n) is 10.8. The van der Waals surface area contributed by atoms with Gasteiger partial charge < -0.3 is 9.42 Å². The highest BCUT2D eigenvalue weighted by Gasteiger charge is 2.36. The summed E-state index contributed by atoms with van der Waals surface area (Å²) in [6.45, 7) is 6.51. The molecule has 0 saturated carbocycles. The fourth-order valence-corrected chi connectivity index (χ4v) is 4.49. The van der Waals surface area contributed by atoms with Crippen LogP contribution in [0.3, 0.4) is 0 Å². The van der Waals surface area contributed by atoms with Gasteiger partial charge in [-0.3, -0.25) is 4.79 Å². The summed E-state index contributed by atoms with van der Waals surface area (Å²) in [7, 11) is 0. The van der Waals surface area contributed by atoms with Crippen molar-refractivity contribution in [2.75, 3.05) is 6.54 Å². The topological polar surface area (TPSA) is 89.9 Å². The molecule has 1 unspecified atom stereocenters. The molecule has 1 saturated heterocycles. The lowest BCUT2D eigenvalue weighted by Crippen LogP contribution is -2.32. The highest BCUT2D eigenvalue weighted by molar-refractivity contribution is 6.31. The maximum Gasteiger partial charge on any atom is 0.256 e. The molecule has 0 radical (unpaired) electrons. The molecular weight excluding hydrogens is 440 g/mol. The summed E-state index contributed by atoms with van der Waals surface area (Å²) in [4.78, 5) is 21.7. The average Bonchev–Trinajstić information content (AvgIpc) is 3.58. The number of halogens is 1.